The Bertz CT molecular complexity index is 3630. The normalized spacial score (nSPS) is 11.3. The Labute approximate surface area is 446 Å². The Hall–Kier alpha value is -10.0. The van der Waals surface area contributed by atoms with E-state index in [0.717, 1.165) is 67.5 Å². The number of para-hydroxylation sites is 2. The van der Waals surface area contributed by atoms with Crippen LogP contribution >= 0.6 is 0 Å². The summed E-state index contributed by atoms with van der Waals surface area (Å²) < 4.78 is 0. The van der Waals surface area contributed by atoms with Crippen molar-refractivity contribution >= 4 is 69.2 Å². The molecule has 0 amide bonds. The van der Waals surface area contributed by atoms with E-state index >= 15 is 0 Å². The third-order valence-corrected chi connectivity index (χ3v) is 14.0. The van der Waals surface area contributed by atoms with Crippen LogP contribution in [0.3, 0.4) is 0 Å². The van der Waals surface area contributed by atoms with Crippen molar-refractivity contribution < 1.29 is 0 Å². The van der Waals surface area contributed by atoms with Crippen molar-refractivity contribution in [2.75, 3.05) is 9.80 Å². The van der Waals surface area contributed by atoms with Crippen LogP contribution in [0, 0.1) is 0 Å². The molecular weight excluding hydrogens is 917 g/mol. The Balaban J connectivity index is 0.974. The molecular formula is C74H54N2. The number of fused-ring (bicyclic) bond motifs is 1. The first-order valence-electron chi connectivity index (χ1n) is 26.0. The van der Waals surface area contributed by atoms with Gasteiger partial charge in [-0.25, -0.2) is 0 Å². The standard InChI is InChI=1S/C74H54N2/c1-7-21-55(22-8-1)35-37-57-39-47-65(48-40-57)75(63-29-15-5-16-30-63)67-51-43-61(44-52-67)71-69-33-19-20-34-70(69)72(74(60-27-13-4-14-28-60)73(71)59-25-11-3-12-26-59)62-45-53-68(54-46-62)76(64-31-17-6-18-32-64)66-49-41-58(42-50-66)38-36-56-23-9-2-10-24-56/h1-54H. The molecule has 0 unspecified atom stereocenters. The highest BCUT2D eigenvalue weighted by Crippen LogP contribution is 2.51. The molecule has 0 fully saturated rings. The van der Waals surface area contributed by atoms with Crippen molar-refractivity contribution in [3.63, 3.8) is 0 Å². The Morgan fingerprint density at radius 1 is 0.171 bits per heavy atom. The number of anilines is 6. The quantitative estimate of drug-likeness (QED) is 0.100. The minimum absolute atomic E-state index is 1.08. The second-order valence-corrected chi connectivity index (χ2v) is 18.9. The van der Waals surface area contributed by atoms with Gasteiger partial charge in [0.05, 0.1) is 0 Å². The summed E-state index contributed by atoms with van der Waals surface area (Å²) in [6, 6.07) is 109. The van der Waals surface area contributed by atoms with E-state index in [2.05, 4.69) is 325 Å². The summed E-state index contributed by atoms with van der Waals surface area (Å²) in [5, 5.41) is 2.39. The lowest BCUT2D eigenvalue weighted by Crippen LogP contribution is -2.09. The van der Waals surface area contributed by atoms with E-state index in [1.54, 1.807) is 0 Å². The zero-order valence-electron chi connectivity index (χ0n) is 42.1. The Kier molecular flexibility index (Phi) is 13.6. The van der Waals surface area contributed by atoms with E-state index in [9.17, 15) is 0 Å². The molecule has 0 saturated heterocycles. The molecule has 0 spiro atoms. The molecule has 2 heteroatoms. The summed E-state index contributed by atoms with van der Waals surface area (Å²) >= 11 is 0. The van der Waals surface area contributed by atoms with Gasteiger partial charge in [-0.05, 0) is 150 Å². The van der Waals surface area contributed by atoms with Crippen LogP contribution in [0.5, 0.6) is 0 Å². The third kappa shape index (κ3) is 10.0. The van der Waals surface area contributed by atoms with E-state index in [1.165, 1.54) is 44.2 Å². The first kappa shape index (κ1) is 47.0. The summed E-state index contributed by atoms with van der Waals surface area (Å²) in [4.78, 5) is 4.68. The van der Waals surface area contributed by atoms with Gasteiger partial charge >= 0.3 is 0 Å². The molecule has 2 nitrogen and oxygen atoms in total. The molecule has 0 radical (unpaired) electrons. The van der Waals surface area contributed by atoms with Crippen molar-refractivity contribution in [2.24, 2.45) is 0 Å². The van der Waals surface area contributed by atoms with Gasteiger partial charge in [0.1, 0.15) is 0 Å². The first-order valence-corrected chi connectivity index (χ1v) is 26.0. The van der Waals surface area contributed by atoms with Crippen LogP contribution in [0.15, 0.2) is 303 Å². The molecule has 0 aliphatic heterocycles. The first-order chi connectivity index (χ1) is 37.7. The van der Waals surface area contributed by atoms with E-state index in [0.29, 0.717) is 0 Å². The summed E-state index contributed by atoms with van der Waals surface area (Å²) in [5.41, 5.74) is 20.6. The van der Waals surface area contributed by atoms with Gasteiger partial charge in [-0.15, -0.1) is 0 Å². The zero-order valence-corrected chi connectivity index (χ0v) is 42.1. The van der Waals surface area contributed by atoms with E-state index in [-0.39, 0.29) is 0 Å². The zero-order chi connectivity index (χ0) is 50.9. The minimum atomic E-state index is 1.08. The van der Waals surface area contributed by atoms with Gasteiger partial charge in [0.15, 0.2) is 0 Å². The third-order valence-electron chi connectivity index (χ3n) is 14.0. The number of nitrogens with zero attached hydrogens (tertiary/aromatic N) is 2. The van der Waals surface area contributed by atoms with Crippen LogP contribution in [-0.4, -0.2) is 0 Å². The maximum Gasteiger partial charge on any atom is 0.0462 e. The molecule has 76 heavy (non-hydrogen) atoms. The predicted molar refractivity (Wildman–Crippen MR) is 326 cm³/mol. The topological polar surface area (TPSA) is 6.48 Å². The largest absolute Gasteiger partial charge is 0.311 e. The molecule has 0 saturated carbocycles. The molecule has 0 N–H and O–H groups in total. The second kappa shape index (κ2) is 22.0. The summed E-state index contributed by atoms with van der Waals surface area (Å²) in [7, 11) is 0. The molecule has 0 aliphatic carbocycles. The lowest BCUT2D eigenvalue weighted by Gasteiger charge is -2.27. The lowest BCUT2D eigenvalue weighted by molar-refractivity contribution is 1.28. The van der Waals surface area contributed by atoms with Crippen LogP contribution in [0.1, 0.15) is 22.3 Å². The van der Waals surface area contributed by atoms with E-state index < -0.39 is 0 Å². The van der Waals surface area contributed by atoms with Gasteiger partial charge in [0, 0.05) is 34.1 Å². The average Bonchev–Trinajstić information content (AvgIpc) is 3.55. The number of hydrogen-bond acceptors (Lipinski definition) is 2. The summed E-state index contributed by atoms with van der Waals surface area (Å²) in [6.45, 7) is 0. The van der Waals surface area contributed by atoms with Crippen LogP contribution in [0.25, 0.3) is 79.6 Å². The van der Waals surface area contributed by atoms with Gasteiger partial charge in [-0.2, -0.15) is 0 Å². The van der Waals surface area contributed by atoms with Crippen molar-refractivity contribution in [2.45, 2.75) is 0 Å². The SMILES string of the molecule is C(=Cc1ccc(N(c2ccccc2)c2ccc(-c3c(-c4ccccc4)c(-c4ccccc4)c(-c4ccc(N(c5ccccc5)c5ccc(C=Cc6ccccc6)cc5)cc4)c4ccccc34)cc2)cc1)c1ccccc1. The molecule has 0 aromatic heterocycles. The van der Waals surface area contributed by atoms with Crippen LogP contribution < -0.4 is 9.80 Å². The average molecular weight is 971 g/mol. The Morgan fingerprint density at radius 2 is 0.395 bits per heavy atom. The van der Waals surface area contributed by atoms with Gasteiger partial charge < -0.3 is 9.80 Å². The highest BCUT2D eigenvalue weighted by Gasteiger charge is 2.25. The number of benzene rings is 12. The summed E-state index contributed by atoms with van der Waals surface area (Å²) in [5.74, 6) is 0. The molecule has 0 heterocycles. The van der Waals surface area contributed by atoms with Gasteiger partial charge in [-0.3, -0.25) is 0 Å². The molecule has 12 aromatic rings. The Morgan fingerprint density at radius 3 is 0.711 bits per heavy atom. The van der Waals surface area contributed by atoms with Crippen molar-refractivity contribution in [1.82, 2.24) is 0 Å². The fraction of sp³-hybridized carbons (Fsp3) is 0. The smallest absolute Gasteiger partial charge is 0.0462 e. The monoisotopic (exact) mass is 970 g/mol. The van der Waals surface area contributed by atoms with Gasteiger partial charge in [-0.1, -0.05) is 255 Å². The van der Waals surface area contributed by atoms with Crippen molar-refractivity contribution in [3.8, 4) is 44.5 Å². The van der Waals surface area contributed by atoms with Gasteiger partial charge in [0.2, 0.25) is 0 Å². The van der Waals surface area contributed by atoms with E-state index in [1.807, 2.05) is 12.1 Å². The minimum Gasteiger partial charge on any atom is -0.311 e. The fourth-order valence-electron chi connectivity index (χ4n) is 10.4. The highest BCUT2D eigenvalue weighted by atomic mass is 15.1. The fourth-order valence-corrected chi connectivity index (χ4v) is 10.4. The summed E-state index contributed by atoms with van der Waals surface area (Å²) in [6.07, 6.45) is 8.67. The van der Waals surface area contributed by atoms with Crippen LogP contribution in [0.2, 0.25) is 0 Å². The van der Waals surface area contributed by atoms with Crippen molar-refractivity contribution in [1.29, 1.82) is 0 Å². The number of hydrogen-bond donors (Lipinski definition) is 0. The van der Waals surface area contributed by atoms with E-state index in [4.69, 9.17) is 0 Å². The van der Waals surface area contributed by atoms with Crippen molar-refractivity contribution in [3.05, 3.63) is 326 Å². The van der Waals surface area contributed by atoms with Gasteiger partial charge in [0.25, 0.3) is 0 Å². The second-order valence-electron chi connectivity index (χ2n) is 18.9. The predicted octanol–water partition coefficient (Wildman–Crippen LogP) is 20.8. The highest BCUT2D eigenvalue weighted by molar-refractivity contribution is 6.18. The number of rotatable bonds is 14. The van der Waals surface area contributed by atoms with Crippen LogP contribution in [0.4, 0.5) is 34.1 Å². The maximum atomic E-state index is 2.34. The molecule has 0 bridgehead atoms. The molecule has 0 aliphatic rings. The molecule has 360 valence electrons. The maximum absolute atomic E-state index is 2.34. The molecule has 0 atom stereocenters. The van der Waals surface area contributed by atoms with Crippen LogP contribution in [-0.2, 0) is 0 Å². The molecule has 12 aromatic carbocycles. The molecule has 12 rings (SSSR count). The lowest BCUT2D eigenvalue weighted by atomic mass is 9.79.